The molecule has 57 heavy (non-hydrogen) atoms. The molecule has 1 aliphatic heterocycles. The highest BCUT2D eigenvalue weighted by Crippen LogP contribution is 2.52. The summed E-state index contributed by atoms with van der Waals surface area (Å²) < 4.78 is 1.55. The summed E-state index contributed by atoms with van der Waals surface area (Å²) >= 11 is 4.29. The lowest BCUT2D eigenvalue weighted by atomic mass is 9.77. The van der Waals surface area contributed by atoms with E-state index in [0.717, 1.165) is 37.4 Å². The Balaban J connectivity index is 0.921. The van der Waals surface area contributed by atoms with Gasteiger partial charge in [0.1, 0.15) is 0 Å². The standard InChI is InChI=1S/C54H55NS2/c1-3-11-36(12-4-1)37-21-23-38(24-22-37)39-25-30-43(31-26-39)55(44-32-27-40(28-33-44)42-29-34-52-49(35-42)46-15-7-8-20-51(46)56-52)50-19-10-18-48-47-17-9-16-45(53(47)57-54(48)50)41-13-5-2-6-14-41/h1,3-5,8,11,13,16,18,20-27,30,32-33,35-36,40-41,43,49,52H,2,6-7,9-10,12,14-15,17,19,28-29,31,34H2. The molecule has 1 nitrogen and oxygen atoms in total. The first-order valence-electron chi connectivity index (χ1n) is 22.2. The molecule has 3 heteroatoms. The zero-order chi connectivity index (χ0) is 37.7. The van der Waals surface area contributed by atoms with E-state index in [0.29, 0.717) is 29.7 Å². The summed E-state index contributed by atoms with van der Waals surface area (Å²) in [7, 11) is 0. The highest BCUT2D eigenvalue weighted by molar-refractivity contribution is 8.04. The fraction of sp³-hybridized carbons (Fsp3) is 0.370. The third kappa shape index (κ3) is 6.81. The summed E-state index contributed by atoms with van der Waals surface area (Å²) in [6, 6.07) is 9.68. The molecule has 0 spiro atoms. The van der Waals surface area contributed by atoms with Gasteiger partial charge in [0.25, 0.3) is 0 Å². The molecule has 2 aromatic rings. The van der Waals surface area contributed by atoms with Gasteiger partial charge < -0.3 is 4.90 Å². The molecule has 1 aromatic carbocycles. The average molecular weight is 782 g/mol. The second-order valence-corrected chi connectivity index (χ2v) is 19.9. The smallest absolute Gasteiger partial charge is 0.0557 e. The Morgan fingerprint density at radius 1 is 0.667 bits per heavy atom. The van der Waals surface area contributed by atoms with Gasteiger partial charge in [-0.2, -0.15) is 0 Å². The number of fused-ring (bicyclic) bond motifs is 5. The molecule has 11 rings (SSSR count). The van der Waals surface area contributed by atoms with Gasteiger partial charge in [-0.1, -0.05) is 127 Å². The molecule has 0 saturated heterocycles. The van der Waals surface area contributed by atoms with Gasteiger partial charge in [0.15, 0.2) is 0 Å². The molecule has 0 bridgehead atoms. The molecule has 8 aliphatic carbocycles. The van der Waals surface area contributed by atoms with Gasteiger partial charge in [-0.05, 0) is 135 Å². The fourth-order valence-corrected chi connectivity index (χ4v) is 14.3. The predicted octanol–water partition coefficient (Wildman–Crippen LogP) is 12.9. The molecule has 0 fully saturated rings. The molecule has 0 radical (unpaired) electrons. The SMILES string of the molecule is C1=CCC(c2ccc(C3=CCC(N(C4=CCC(C5=CC6C7=C(C=CCC7)SC6CC5)C=C4)C4=c5sc6c(c5=CCC4)CCC=C6C4C=CCCC4)C=C3)cc2)C=C1. The second-order valence-electron chi connectivity index (χ2n) is 17.6. The van der Waals surface area contributed by atoms with Gasteiger partial charge in [-0.25, -0.2) is 0 Å². The van der Waals surface area contributed by atoms with Crippen molar-refractivity contribution in [2.75, 3.05) is 0 Å². The van der Waals surface area contributed by atoms with Crippen molar-refractivity contribution in [3.05, 3.63) is 175 Å². The van der Waals surface area contributed by atoms with Crippen LogP contribution in [-0.2, 0) is 6.42 Å². The average Bonchev–Trinajstić information content (AvgIpc) is 3.86. The third-order valence-electron chi connectivity index (χ3n) is 14.3. The van der Waals surface area contributed by atoms with E-state index in [-0.39, 0.29) is 0 Å². The number of thioether (sulfide) groups is 1. The maximum Gasteiger partial charge on any atom is 0.0557 e. The molecule has 6 unspecified atom stereocenters. The molecule has 2 heterocycles. The molecule has 0 saturated carbocycles. The van der Waals surface area contributed by atoms with E-state index < -0.39 is 0 Å². The van der Waals surface area contributed by atoms with Crippen LogP contribution in [0.1, 0.15) is 111 Å². The Bertz CT molecular complexity index is 2430. The highest BCUT2D eigenvalue weighted by Gasteiger charge is 2.37. The molecule has 0 N–H and O–H groups in total. The molecule has 9 aliphatic rings. The largest absolute Gasteiger partial charge is 0.337 e. The molecular formula is C54H55NS2. The topological polar surface area (TPSA) is 3.24 Å². The van der Waals surface area contributed by atoms with Gasteiger partial charge >= 0.3 is 0 Å². The van der Waals surface area contributed by atoms with Crippen LogP contribution in [0.5, 0.6) is 0 Å². The number of thiophene rings is 1. The van der Waals surface area contributed by atoms with Crippen molar-refractivity contribution in [1.29, 1.82) is 0 Å². The van der Waals surface area contributed by atoms with Crippen molar-refractivity contribution in [2.45, 2.75) is 107 Å². The predicted molar refractivity (Wildman–Crippen MR) is 246 cm³/mol. The Morgan fingerprint density at radius 2 is 1.61 bits per heavy atom. The van der Waals surface area contributed by atoms with Crippen LogP contribution in [0.3, 0.4) is 0 Å². The van der Waals surface area contributed by atoms with E-state index in [2.05, 4.69) is 156 Å². The summed E-state index contributed by atoms with van der Waals surface area (Å²) in [6.45, 7) is 0. The van der Waals surface area contributed by atoms with E-state index in [1.807, 2.05) is 0 Å². The lowest BCUT2D eigenvalue weighted by molar-refractivity contribution is 0.404. The van der Waals surface area contributed by atoms with Crippen LogP contribution in [0.2, 0.25) is 0 Å². The first kappa shape index (κ1) is 36.1. The summed E-state index contributed by atoms with van der Waals surface area (Å²) in [5.74, 6) is 2.25. The van der Waals surface area contributed by atoms with E-state index in [4.69, 9.17) is 0 Å². The van der Waals surface area contributed by atoms with E-state index >= 15 is 0 Å². The minimum atomic E-state index is 0.297. The minimum absolute atomic E-state index is 0.297. The maximum absolute atomic E-state index is 2.80. The van der Waals surface area contributed by atoms with Gasteiger partial charge in [-0.15, -0.1) is 23.1 Å². The minimum Gasteiger partial charge on any atom is -0.337 e. The van der Waals surface area contributed by atoms with Gasteiger partial charge in [-0.3, -0.25) is 0 Å². The van der Waals surface area contributed by atoms with Crippen LogP contribution in [0.15, 0.2) is 143 Å². The Hall–Kier alpha value is -4.05. The van der Waals surface area contributed by atoms with Crippen molar-refractivity contribution >= 4 is 46.0 Å². The van der Waals surface area contributed by atoms with Crippen molar-refractivity contribution in [2.24, 2.45) is 17.8 Å². The number of rotatable bonds is 7. The highest BCUT2D eigenvalue weighted by atomic mass is 32.2. The van der Waals surface area contributed by atoms with Crippen molar-refractivity contribution in [1.82, 2.24) is 4.90 Å². The Labute approximate surface area is 348 Å². The molecule has 6 atom stereocenters. The first-order chi connectivity index (χ1) is 28.2. The van der Waals surface area contributed by atoms with Crippen molar-refractivity contribution in [3.63, 3.8) is 0 Å². The molecule has 1 aromatic heterocycles. The van der Waals surface area contributed by atoms with Crippen LogP contribution < -0.4 is 9.75 Å². The van der Waals surface area contributed by atoms with Crippen molar-refractivity contribution < 1.29 is 0 Å². The van der Waals surface area contributed by atoms with Crippen LogP contribution in [-0.4, -0.2) is 16.2 Å². The number of hydrogen-bond donors (Lipinski definition) is 0. The van der Waals surface area contributed by atoms with Gasteiger partial charge in [0, 0.05) is 50.1 Å². The van der Waals surface area contributed by atoms with E-state index in [1.165, 1.54) is 80.2 Å². The summed E-state index contributed by atoms with van der Waals surface area (Å²) in [4.78, 5) is 5.98. The van der Waals surface area contributed by atoms with Gasteiger partial charge in [0.05, 0.1) is 10.6 Å². The lowest BCUT2D eigenvalue weighted by Gasteiger charge is -2.38. The number of allylic oxidation sites excluding steroid dienone is 18. The summed E-state index contributed by atoms with van der Waals surface area (Å²) in [5, 5.41) is 2.32. The monoisotopic (exact) mass is 781 g/mol. The summed E-state index contributed by atoms with van der Waals surface area (Å²) in [5.41, 5.74) is 13.7. The zero-order valence-corrected chi connectivity index (χ0v) is 34.9. The van der Waals surface area contributed by atoms with Crippen LogP contribution in [0, 0.1) is 17.8 Å². The number of nitrogens with zero attached hydrogens (tertiary/aromatic N) is 1. The fourth-order valence-electron chi connectivity index (χ4n) is 11.3. The molecular weight excluding hydrogens is 727 g/mol. The zero-order valence-electron chi connectivity index (χ0n) is 33.3. The molecule has 288 valence electrons. The second kappa shape index (κ2) is 15.6. The summed E-state index contributed by atoms with van der Waals surface area (Å²) in [6.07, 6.45) is 58.5. The quantitative estimate of drug-likeness (QED) is 0.257. The van der Waals surface area contributed by atoms with Crippen LogP contribution in [0.4, 0.5) is 0 Å². The lowest BCUT2D eigenvalue weighted by Crippen LogP contribution is -2.39. The van der Waals surface area contributed by atoms with E-state index in [1.54, 1.807) is 47.5 Å². The number of hydrogen-bond acceptors (Lipinski definition) is 3. The van der Waals surface area contributed by atoms with Crippen molar-refractivity contribution in [3.8, 4) is 0 Å². The Morgan fingerprint density at radius 3 is 2.44 bits per heavy atom. The molecule has 0 amide bonds. The maximum atomic E-state index is 2.80. The van der Waals surface area contributed by atoms with E-state index in [9.17, 15) is 0 Å². The van der Waals surface area contributed by atoms with Gasteiger partial charge in [0.2, 0.25) is 0 Å². The Kier molecular flexibility index (Phi) is 9.88. The van der Waals surface area contributed by atoms with Crippen LogP contribution >= 0.6 is 23.1 Å². The van der Waals surface area contributed by atoms with Crippen LogP contribution in [0.25, 0.3) is 22.9 Å². The first-order valence-corrected chi connectivity index (χ1v) is 23.9. The normalized spacial score (nSPS) is 29.8. The number of benzene rings is 1. The third-order valence-corrected chi connectivity index (χ3v) is 17.1.